The summed E-state index contributed by atoms with van der Waals surface area (Å²) in [5, 5.41) is 6.72. The van der Waals surface area contributed by atoms with Gasteiger partial charge in [-0.2, -0.15) is 0 Å². The third-order valence-corrected chi connectivity index (χ3v) is 5.88. The fraction of sp³-hybridized carbons (Fsp3) is 0.200. The second-order valence-electron chi connectivity index (χ2n) is 6.03. The number of aromatic nitrogens is 1. The molecule has 1 amide bonds. The standard InChI is InChI=1S/C20H20FN3OS2/c1-12(14-4-10-17(26-3)11-5-14)22-19(25)18-13(2)23-20(27-18)24-16-8-6-15(21)7-9-16/h4-12H,1-3H3,(H,22,25)(H,23,24)/t12-/m0/s1. The van der Waals surface area contributed by atoms with Crippen LogP contribution in [0.3, 0.4) is 0 Å². The van der Waals surface area contributed by atoms with Gasteiger partial charge in [-0.1, -0.05) is 23.5 Å². The maximum absolute atomic E-state index is 13.0. The summed E-state index contributed by atoms with van der Waals surface area (Å²) in [7, 11) is 0. The van der Waals surface area contributed by atoms with E-state index in [2.05, 4.69) is 15.6 Å². The fourth-order valence-corrected chi connectivity index (χ4v) is 3.85. The molecule has 27 heavy (non-hydrogen) atoms. The lowest BCUT2D eigenvalue weighted by molar-refractivity contribution is 0.0943. The molecule has 0 aliphatic rings. The summed E-state index contributed by atoms with van der Waals surface area (Å²) in [6.07, 6.45) is 2.03. The number of rotatable bonds is 6. The molecular weight excluding hydrogens is 381 g/mol. The summed E-state index contributed by atoms with van der Waals surface area (Å²) in [6.45, 7) is 3.76. The van der Waals surface area contributed by atoms with Crippen molar-refractivity contribution in [2.45, 2.75) is 24.8 Å². The first-order valence-corrected chi connectivity index (χ1v) is 10.4. The van der Waals surface area contributed by atoms with Crippen LogP contribution < -0.4 is 10.6 Å². The van der Waals surface area contributed by atoms with E-state index < -0.39 is 0 Å². The van der Waals surface area contributed by atoms with Crippen LogP contribution in [-0.2, 0) is 0 Å². The van der Waals surface area contributed by atoms with Crippen LogP contribution in [0.25, 0.3) is 0 Å². The maximum Gasteiger partial charge on any atom is 0.263 e. The Labute approximate surface area is 166 Å². The Hall–Kier alpha value is -2.38. The van der Waals surface area contributed by atoms with E-state index in [1.807, 2.05) is 37.4 Å². The second-order valence-corrected chi connectivity index (χ2v) is 7.91. The monoisotopic (exact) mass is 401 g/mol. The fourth-order valence-electron chi connectivity index (χ4n) is 2.56. The first-order chi connectivity index (χ1) is 13.0. The van der Waals surface area contributed by atoms with Crippen LogP contribution >= 0.6 is 23.1 Å². The van der Waals surface area contributed by atoms with Crippen LogP contribution in [-0.4, -0.2) is 17.1 Å². The van der Waals surface area contributed by atoms with E-state index in [1.165, 1.54) is 28.4 Å². The molecule has 7 heteroatoms. The van der Waals surface area contributed by atoms with Gasteiger partial charge in [0, 0.05) is 10.6 Å². The molecular formula is C20H20FN3OS2. The average molecular weight is 402 g/mol. The lowest BCUT2D eigenvalue weighted by atomic mass is 10.1. The van der Waals surface area contributed by atoms with Crippen molar-refractivity contribution in [1.29, 1.82) is 0 Å². The average Bonchev–Trinajstić information content (AvgIpc) is 3.04. The van der Waals surface area contributed by atoms with E-state index in [1.54, 1.807) is 30.8 Å². The Morgan fingerprint density at radius 3 is 2.44 bits per heavy atom. The van der Waals surface area contributed by atoms with Gasteiger partial charge in [-0.25, -0.2) is 9.37 Å². The first kappa shape index (κ1) is 19.4. The van der Waals surface area contributed by atoms with Crippen molar-refractivity contribution >= 4 is 39.8 Å². The minimum Gasteiger partial charge on any atom is -0.345 e. The van der Waals surface area contributed by atoms with E-state index in [-0.39, 0.29) is 17.8 Å². The van der Waals surface area contributed by atoms with Crippen molar-refractivity contribution in [3.8, 4) is 0 Å². The highest BCUT2D eigenvalue weighted by Gasteiger charge is 2.18. The van der Waals surface area contributed by atoms with E-state index in [0.29, 0.717) is 15.7 Å². The van der Waals surface area contributed by atoms with Gasteiger partial charge in [0.05, 0.1) is 11.7 Å². The number of halogens is 1. The van der Waals surface area contributed by atoms with Crippen molar-refractivity contribution in [3.05, 3.63) is 70.5 Å². The highest BCUT2D eigenvalue weighted by molar-refractivity contribution is 7.98. The molecule has 0 aliphatic heterocycles. The molecule has 0 aliphatic carbocycles. The zero-order chi connectivity index (χ0) is 19.4. The highest BCUT2D eigenvalue weighted by atomic mass is 32.2. The summed E-state index contributed by atoms with van der Waals surface area (Å²) in [4.78, 5) is 18.8. The Kier molecular flexibility index (Phi) is 6.13. The van der Waals surface area contributed by atoms with Crippen molar-refractivity contribution in [3.63, 3.8) is 0 Å². The molecule has 3 rings (SSSR count). The van der Waals surface area contributed by atoms with Crippen molar-refractivity contribution in [2.75, 3.05) is 11.6 Å². The van der Waals surface area contributed by atoms with Gasteiger partial charge in [0.2, 0.25) is 0 Å². The van der Waals surface area contributed by atoms with E-state index in [4.69, 9.17) is 0 Å². The summed E-state index contributed by atoms with van der Waals surface area (Å²) in [5.41, 5.74) is 2.43. The Balaban J connectivity index is 1.68. The topological polar surface area (TPSA) is 54.0 Å². The predicted octanol–water partition coefficient (Wildman–Crippen LogP) is 5.55. The number of thioether (sulfide) groups is 1. The second kappa shape index (κ2) is 8.54. The van der Waals surface area contributed by atoms with E-state index in [0.717, 1.165) is 11.3 Å². The molecule has 0 saturated carbocycles. The molecule has 0 saturated heterocycles. The van der Waals surface area contributed by atoms with Gasteiger partial charge in [0.1, 0.15) is 10.7 Å². The normalized spacial score (nSPS) is 11.9. The van der Waals surface area contributed by atoms with Gasteiger partial charge >= 0.3 is 0 Å². The molecule has 0 unspecified atom stereocenters. The van der Waals surface area contributed by atoms with Gasteiger partial charge in [-0.15, -0.1) is 11.8 Å². The molecule has 4 nitrogen and oxygen atoms in total. The van der Waals surface area contributed by atoms with Crippen LogP contribution in [0.2, 0.25) is 0 Å². The molecule has 3 aromatic rings. The highest BCUT2D eigenvalue weighted by Crippen LogP contribution is 2.27. The number of amides is 1. The van der Waals surface area contributed by atoms with Crippen molar-refractivity contribution < 1.29 is 9.18 Å². The van der Waals surface area contributed by atoms with Crippen molar-refractivity contribution in [2.24, 2.45) is 0 Å². The van der Waals surface area contributed by atoms with E-state index in [9.17, 15) is 9.18 Å². The number of carbonyl (C=O) groups is 1. The molecule has 2 N–H and O–H groups in total. The summed E-state index contributed by atoms with van der Waals surface area (Å²) in [5.74, 6) is -0.450. The molecule has 1 heterocycles. The number of hydrogen-bond donors (Lipinski definition) is 2. The Morgan fingerprint density at radius 2 is 1.81 bits per heavy atom. The smallest absolute Gasteiger partial charge is 0.263 e. The van der Waals surface area contributed by atoms with Gasteiger partial charge in [0.15, 0.2) is 5.13 Å². The zero-order valence-electron chi connectivity index (χ0n) is 15.2. The molecule has 0 bridgehead atoms. The summed E-state index contributed by atoms with van der Waals surface area (Å²) >= 11 is 2.96. The molecule has 2 aromatic carbocycles. The number of thiazole rings is 1. The van der Waals surface area contributed by atoms with Crippen molar-refractivity contribution in [1.82, 2.24) is 10.3 Å². The third kappa shape index (κ3) is 4.87. The molecule has 0 fully saturated rings. The first-order valence-electron chi connectivity index (χ1n) is 8.41. The Bertz CT molecular complexity index is 923. The summed E-state index contributed by atoms with van der Waals surface area (Å²) in [6, 6.07) is 14.1. The van der Waals surface area contributed by atoms with Crippen LogP contribution in [0.1, 0.15) is 33.9 Å². The quantitative estimate of drug-likeness (QED) is 0.532. The van der Waals surface area contributed by atoms with Gasteiger partial charge < -0.3 is 10.6 Å². The Morgan fingerprint density at radius 1 is 1.15 bits per heavy atom. The lowest BCUT2D eigenvalue weighted by Crippen LogP contribution is -2.26. The minimum atomic E-state index is -0.296. The van der Waals surface area contributed by atoms with Gasteiger partial charge in [0.25, 0.3) is 5.91 Å². The molecule has 1 aromatic heterocycles. The maximum atomic E-state index is 13.0. The van der Waals surface area contributed by atoms with Gasteiger partial charge in [-0.05, 0) is 62.1 Å². The largest absolute Gasteiger partial charge is 0.345 e. The minimum absolute atomic E-state index is 0.108. The third-order valence-electron chi connectivity index (χ3n) is 4.06. The number of hydrogen-bond acceptors (Lipinski definition) is 5. The number of carbonyl (C=O) groups excluding carboxylic acids is 1. The SMILES string of the molecule is CSc1ccc([C@H](C)NC(=O)c2sc(Nc3ccc(F)cc3)nc2C)cc1. The number of anilines is 2. The van der Waals surface area contributed by atoms with Gasteiger partial charge in [-0.3, -0.25) is 4.79 Å². The molecule has 0 radical (unpaired) electrons. The predicted molar refractivity (Wildman–Crippen MR) is 111 cm³/mol. The number of nitrogens with one attached hydrogen (secondary N) is 2. The zero-order valence-corrected chi connectivity index (χ0v) is 16.9. The molecule has 140 valence electrons. The number of benzene rings is 2. The van der Waals surface area contributed by atoms with Crippen LogP contribution in [0.5, 0.6) is 0 Å². The van der Waals surface area contributed by atoms with Crippen LogP contribution in [0.4, 0.5) is 15.2 Å². The van der Waals surface area contributed by atoms with E-state index >= 15 is 0 Å². The summed E-state index contributed by atoms with van der Waals surface area (Å²) < 4.78 is 13.0. The number of aryl methyl sites for hydroxylation is 1. The van der Waals surface area contributed by atoms with Crippen LogP contribution in [0, 0.1) is 12.7 Å². The molecule has 0 spiro atoms. The number of nitrogens with zero attached hydrogens (tertiary/aromatic N) is 1. The lowest BCUT2D eigenvalue weighted by Gasteiger charge is -2.14. The molecule has 1 atom stereocenters. The van der Waals surface area contributed by atoms with Crippen LogP contribution in [0.15, 0.2) is 53.4 Å².